The molecule has 1 heterocycles. The molecule has 6 heteroatoms. The summed E-state index contributed by atoms with van der Waals surface area (Å²) in [5.74, 6) is 5.00. The first-order chi connectivity index (χ1) is 15.1. The highest BCUT2D eigenvalue weighted by molar-refractivity contribution is 8.18. The van der Waals surface area contributed by atoms with Gasteiger partial charge in [0, 0.05) is 6.54 Å². The zero-order valence-corrected chi connectivity index (χ0v) is 20.8. The molecule has 0 aromatic heterocycles. The second kappa shape index (κ2) is 11.9. The van der Waals surface area contributed by atoms with Gasteiger partial charge in [0.2, 0.25) is 0 Å². The number of hydrogen-bond acceptors (Lipinski definition) is 6. The molecular weight excluding hydrogens is 426 g/mol. The van der Waals surface area contributed by atoms with Crippen LogP contribution in [0.3, 0.4) is 0 Å². The second-order valence-corrected chi connectivity index (χ2v) is 10.9. The van der Waals surface area contributed by atoms with E-state index in [0.29, 0.717) is 0 Å². The molecule has 2 aromatic rings. The van der Waals surface area contributed by atoms with E-state index in [1.54, 1.807) is 21.3 Å². The molecular formula is C25H35NO3S2. The lowest BCUT2D eigenvalue weighted by molar-refractivity contribution is 0.327. The topological polar surface area (TPSA) is 30.9 Å². The molecule has 0 atom stereocenters. The summed E-state index contributed by atoms with van der Waals surface area (Å²) in [6.07, 6.45) is 4.69. The molecule has 0 bridgehead atoms. The van der Waals surface area contributed by atoms with Gasteiger partial charge in [-0.2, -0.15) is 0 Å². The van der Waals surface area contributed by atoms with Crippen LogP contribution in [0.15, 0.2) is 42.5 Å². The van der Waals surface area contributed by atoms with Gasteiger partial charge in [0.25, 0.3) is 0 Å². The smallest absolute Gasteiger partial charge is 0.160 e. The summed E-state index contributed by atoms with van der Waals surface area (Å²) < 4.78 is 16.3. The third-order valence-corrected chi connectivity index (χ3v) is 9.27. The zero-order chi connectivity index (χ0) is 22.1. The molecule has 1 fully saturated rings. The Balaban J connectivity index is 1.53. The Morgan fingerprint density at radius 3 is 2.23 bits per heavy atom. The lowest BCUT2D eigenvalue weighted by Crippen LogP contribution is -2.27. The van der Waals surface area contributed by atoms with Crippen molar-refractivity contribution < 1.29 is 14.2 Å². The van der Waals surface area contributed by atoms with Gasteiger partial charge in [-0.3, -0.25) is 0 Å². The minimum atomic E-state index is 0.175. The Hall–Kier alpha value is -1.50. The first kappa shape index (κ1) is 24.1. The first-order valence-corrected chi connectivity index (χ1v) is 12.9. The average Bonchev–Trinajstić information content (AvgIpc) is 2.83. The van der Waals surface area contributed by atoms with Crippen molar-refractivity contribution in [1.82, 2.24) is 4.90 Å². The molecule has 0 saturated carbocycles. The van der Waals surface area contributed by atoms with E-state index >= 15 is 0 Å². The summed E-state index contributed by atoms with van der Waals surface area (Å²) in [5, 5.41) is 0. The summed E-state index contributed by atoms with van der Waals surface area (Å²) in [4.78, 5) is 2.44. The lowest BCUT2D eigenvalue weighted by atomic mass is 10.1. The number of benzene rings is 2. The van der Waals surface area contributed by atoms with Gasteiger partial charge in [0.05, 0.1) is 25.4 Å². The zero-order valence-electron chi connectivity index (χ0n) is 19.2. The van der Waals surface area contributed by atoms with Crippen LogP contribution in [0.2, 0.25) is 0 Å². The van der Waals surface area contributed by atoms with Crippen LogP contribution in [0.1, 0.15) is 30.4 Å². The fourth-order valence-corrected chi connectivity index (χ4v) is 7.36. The van der Waals surface area contributed by atoms with Gasteiger partial charge in [0.15, 0.2) is 11.5 Å². The number of likely N-dealkylation sites (N-methyl/N-ethyl adjacent to an activating group) is 1. The quantitative estimate of drug-likeness (QED) is 0.427. The van der Waals surface area contributed by atoms with E-state index in [-0.39, 0.29) is 4.08 Å². The number of thioether (sulfide) groups is 2. The average molecular weight is 462 g/mol. The van der Waals surface area contributed by atoms with Crippen molar-refractivity contribution in [1.29, 1.82) is 0 Å². The maximum atomic E-state index is 5.43. The molecule has 0 unspecified atom stereocenters. The van der Waals surface area contributed by atoms with Gasteiger partial charge in [-0.15, -0.1) is 23.5 Å². The SMILES string of the molecule is COc1ccc(C2(CCCN(C)CCc3ccc(OC)c(OC)c3)SCCCS2)cc1. The third kappa shape index (κ3) is 6.50. The highest BCUT2D eigenvalue weighted by atomic mass is 32.2. The van der Waals surface area contributed by atoms with Gasteiger partial charge in [0.1, 0.15) is 5.75 Å². The van der Waals surface area contributed by atoms with E-state index in [1.165, 1.54) is 41.9 Å². The summed E-state index contributed by atoms with van der Waals surface area (Å²) >= 11 is 4.25. The Bertz CT molecular complexity index is 807. The summed E-state index contributed by atoms with van der Waals surface area (Å²) in [6, 6.07) is 14.9. The minimum Gasteiger partial charge on any atom is -0.497 e. The van der Waals surface area contributed by atoms with Crippen molar-refractivity contribution in [3.05, 3.63) is 53.6 Å². The summed E-state index contributed by atoms with van der Waals surface area (Å²) in [7, 11) is 7.31. The highest BCUT2D eigenvalue weighted by Crippen LogP contribution is 2.53. The summed E-state index contributed by atoms with van der Waals surface area (Å²) in [5.41, 5.74) is 2.70. The molecule has 0 N–H and O–H groups in total. The maximum Gasteiger partial charge on any atom is 0.160 e. The van der Waals surface area contributed by atoms with E-state index in [4.69, 9.17) is 14.2 Å². The van der Waals surface area contributed by atoms with Gasteiger partial charge in [-0.25, -0.2) is 0 Å². The monoisotopic (exact) mass is 461 g/mol. The molecule has 170 valence electrons. The molecule has 31 heavy (non-hydrogen) atoms. The van der Waals surface area contributed by atoms with Gasteiger partial charge in [-0.1, -0.05) is 18.2 Å². The lowest BCUT2D eigenvalue weighted by Gasteiger charge is -2.37. The number of methoxy groups -OCH3 is 3. The second-order valence-electron chi connectivity index (χ2n) is 7.88. The molecule has 1 aliphatic rings. The fourth-order valence-electron chi connectivity index (χ4n) is 3.92. The Labute approximate surface area is 196 Å². The van der Waals surface area contributed by atoms with Crippen LogP contribution in [-0.4, -0.2) is 57.9 Å². The molecule has 2 aromatic carbocycles. The molecule has 1 saturated heterocycles. The van der Waals surface area contributed by atoms with E-state index in [9.17, 15) is 0 Å². The van der Waals surface area contributed by atoms with Crippen LogP contribution >= 0.6 is 23.5 Å². The third-order valence-electron chi connectivity index (χ3n) is 5.76. The van der Waals surface area contributed by atoms with E-state index in [2.05, 4.69) is 71.9 Å². The van der Waals surface area contributed by atoms with Gasteiger partial charge >= 0.3 is 0 Å². The van der Waals surface area contributed by atoms with Crippen LogP contribution in [-0.2, 0) is 10.5 Å². The van der Waals surface area contributed by atoms with Crippen LogP contribution < -0.4 is 14.2 Å². The summed E-state index contributed by atoms with van der Waals surface area (Å²) in [6.45, 7) is 2.14. The Morgan fingerprint density at radius 2 is 1.58 bits per heavy atom. The van der Waals surface area contributed by atoms with Crippen molar-refractivity contribution in [3.8, 4) is 17.2 Å². The van der Waals surface area contributed by atoms with Crippen LogP contribution in [0.4, 0.5) is 0 Å². The first-order valence-electron chi connectivity index (χ1n) is 10.9. The number of rotatable bonds is 11. The van der Waals surface area contributed by atoms with Gasteiger partial charge in [-0.05, 0) is 86.2 Å². The number of nitrogens with zero attached hydrogens (tertiary/aromatic N) is 1. The van der Waals surface area contributed by atoms with Crippen molar-refractivity contribution in [2.75, 3.05) is 53.0 Å². The van der Waals surface area contributed by atoms with Crippen LogP contribution in [0.5, 0.6) is 17.2 Å². The standard InChI is InChI=1S/C25H35NO3S2/c1-26(16-13-20-7-12-23(28-3)24(19-20)29-4)15-5-14-25(30-17-6-18-31-25)21-8-10-22(27-2)11-9-21/h7-12,19H,5-6,13-18H2,1-4H3. The number of hydrogen-bond donors (Lipinski definition) is 0. The Morgan fingerprint density at radius 1 is 0.871 bits per heavy atom. The maximum absolute atomic E-state index is 5.43. The normalized spacial score (nSPS) is 15.6. The molecule has 0 amide bonds. The minimum absolute atomic E-state index is 0.175. The predicted molar refractivity (Wildman–Crippen MR) is 134 cm³/mol. The van der Waals surface area contributed by atoms with Gasteiger partial charge < -0.3 is 19.1 Å². The van der Waals surface area contributed by atoms with E-state index in [1.807, 2.05) is 6.07 Å². The molecule has 3 rings (SSSR count). The van der Waals surface area contributed by atoms with Crippen molar-refractivity contribution >= 4 is 23.5 Å². The Kier molecular flexibility index (Phi) is 9.30. The predicted octanol–water partition coefficient (Wildman–Crippen LogP) is 5.69. The molecule has 1 aliphatic heterocycles. The highest BCUT2D eigenvalue weighted by Gasteiger charge is 2.35. The van der Waals surface area contributed by atoms with Crippen LogP contribution in [0, 0.1) is 0 Å². The largest absolute Gasteiger partial charge is 0.497 e. The molecule has 4 nitrogen and oxygen atoms in total. The van der Waals surface area contributed by atoms with Crippen molar-refractivity contribution in [2.24, 2.45) is 0 Å². The van der Waals surface area contributed by atoms with Crippen LogP contribution in [0.25, 0.3) is 0 Å². The fraction of sp³-hybridized carbons (Fsp3) is 0.520. The van der Waals surface area contributed by atoms with E-state index < -0.39 is 0 Å². The molecule has 0 aliphatic carbocycles. The van der Waals surface area contributed by atoms with Crippen molar-refractivity contribution in [2.45, 2.75) is 29.8 Å². The molecule has 0 radical (unpaired) electrons. The van der Waals surface area contributed by atoms with E-state index in [0.717, 1.165) is 36.8 Å². The molecule has 0 spiro atoms. The van der Waals surface area contributed by atoms with Crippen molar-refractivity contribution in [3.63, 3.8) is 0 Å². The number of ether oxygens (including phenoxy) is 3.